The topological polar surface area (TPSA) is 84.9 Å². The number of alkyl halides is 3. The number of rotatable bonds is 7. The van der Waals surface area contributed by atoms with E-state index in [0.717, 1.165) is 12.3 Å². The smallest absolute Gasteiger partial charge is 0.416 e. The van der Waals surface area contributed by atoms with Crippen molar-refractivity contribution in [2.24, 2.45) is 0 Å². The number of sulfonamides is 1. The minimum atomic E-state index is -4.72. The Labute approximate surface area is 176 Å². The van der Waals surface area contributed by atoms with Gasteiger partial charge in [-0.3, -0.25) is 9.10 Å². The Balaban J connectivity index is 2.39. The summed E-state index contributed by atoms with van der Waals surface area (Å²) in [6, 6.07) is 6.75. The zero-order valence-corrected chi connectivity index (χ0v) is 17.7. The van der Waals surface area contributed by atoms with Crippen molar-refractivity contribution in [2.45, 2.75) is 6.18 Å². The summed E-state index contributed by atoms with van der Waals surface area (Å²) in [5.74, 6) is -0.167. The van der Waals surface area contributed by atoms with Gasteiger partial charge in [0.15, 0.2) is 0 Å². The first-order chi connectivity index (χ1) is 13.9. The summed E-state index contributed by atoms with van der Waals surface area (Å²) in [4.78, 5) is 12.5. The van der Waals surface area contributed by atoms with Gasteiger partial charge in [0.05, 0.1) is 42.4 Å². The summed E-state index contributed by atoms with van der Waals surface area (Å²) in [6.45, 7) is -0.819. The SMILES string of the molecule is COc1ccc(OC)c(NC(=O)CN(c2cc(C(F)(F)F)ccc2Cl)S(C)(=O)=O)c1. The van der Waals surface area contributed by atoms with Crippen LogP contribution in [-0.2, 0) is 21.0 Å². The van der Waals surface area contributed by atoms with E-state index in [0.29, 0.717) is 22.2 Å². The van der Waals surface area contributed by atoms with Crippen molar-refractivity contribution in [2.75, 3.05) is 36.6 Å². The van der Waals surface area contributed by atoms with Gasteiger partial charge in [-0.05, 0) is 30.3 Å². The lowest BCUT2D eigenvalue weighted by atomic mass is 10.2. The number of anilines is 2. The normalized spacial score (nSPS) is 11.7. The summed E-state index contributed by atoms with van der Waals surface area (Å²) in [7, 11) is -1.38. The van der Waals surface area contributed by atoms with E-state index >= 15 is 0 Å². The molecule has 0 radical (unpaired) electrons. The third-order valence-corrected chi connectivity index (χ3v) is 5.36. The Morgan fingerprint density at radius 1 is 1.13 bits per heavy atom. The largest absolute Gasteiger partial charge is 0.497 e. The molecule has 0 saturated heterocycles. The molecule has 0 aliphatic carbocycles. The number of methoxy groups -OCH3 is 2. The van der Waals surface area contributed by atoms with Crippen molar-refractivity contribution in [1.29, 1.82) is 0 Å². The molecule has 1 N–H and O–H groups in total. The molecular weight excluding hydrogens is 449 g/mol. The van der Waals surface area contributed by atoms with E-state index < -0.39 is 39.9 Å². The first kappa shape index (κ1) is 23.6. The number of carbonyl (C=O) groups excluding carboxylic acids is 1. The number of carbonyl (C=O) groups is 1. The molecule has 2 aromatic rings. The van der Waals surface area contributed by atoms with E-state index in [1.54, 1.807) is 6.07 Å². The van der Waals surface area contributed by atoms with Gasteiger partial charge in [-0.25, -0.2) is 8.42 Å². The average molecular weight is 467 g/mol. The van der Waals surface area contributed by atoms with Crippen LogP contribution in [0.2, 0.25) is 5.02 Å². The first-order valence-corrected chi connectivity index (χ1v) is 10.5. The fourth-order valence-corrected chi connectivity index (χ4v) is 3.62. The maximum Gasteiger partial charge on any atom is 0.416 e. The molecular formula is C18H18ClF3N2O5S. The summed E-state index contributed by atoms with van der Waals surface area (Å²) < 4.78 is 74.3. The number of hydrogen-bond donors (Lipinski definition) is 1. The maximum atomic E-state index is 13.0. The second-order valence-electron chi connectivity index (χ2n) is 6.05. The lowest BCUT2D eigenvalue weighted by molar-refractivity contribution is -0.137. The van der Waals surface area contributed by atoms with Crippen LogP contribution in [0.3, 0.4) is 0 Å². The second-order valence-corrected chi connectivity index (χ2v) is 8.36. The average Bonchev–Trinajstić information content (AvgIpc) is 2.65. The zero-order chi connectivity index (χ0) is 22.7. The van der Waals surface area contributed by atoms with Gasteiger partial charge in [-0.2, -0.15) is 13.2 Å². The van der Waals surface area contributed by atoms with Crippen LogP contribution in [0.15, 0.2) is 36.4 Å². The first-order valence-electron chi connectivity index (χ1n) is 8.23. The molecule has 0 atom stereocenters. The van der Waals surface area contributed by atoms with Crippen LogP contribution in [0, 0.1) is 0 Å². The van der Waals surface area contributed by atoms with E-state index in [1.165, 1.54) is 26.4 Å². The fourth-order valence-electron chi connectivity index (χ4n) is 2.49. The van der Waals surface area contributed by atoms with Crippen LogP contribution in [0.4, 0.5) is 24.5 Å². The van der Waals surface area contributed by atoms with Crippen molar-refractivity contribution in [3.05, 3.63) is 47.0 Å². The predicted octanol–water partition coefficient (Wildman–Crippen LogP) is 3.78. The van der Waals surface area contributed by atoms with Gasteiger partial charge >= 0.3 is 6.18 Å². The van der Waals surface area contributed by atoms with E-state index in [1.807, 2.05) is 0 Å². The maximum absolute atomic E-state index is 13.0. The molecule has 2 rings (SSSR count). The molecule has 7 nitrogen and oxygen atoms in total. The highest BCUT2D eigenvalue weighted by Gasteiger charge is 2.33. The molecule has 1 amide bonds. The Morgan fingerprint density at radius 3 is 2.33 bits per heavy atom. The summed E-state index contributed by atoms with van der Waals surface area (Å²) in [6.07, 6.45) is -3.97. The monoisotopic (exact) mass is 466 g/mol. The Morgan fingerprint density at radius 2 is 1.80 bits per heavy atom. The van der Waals surface area contributed by atoms with Crippen LogP contribution in [0.25, 0.3) is 0 Å². The minimum Gasteiger partial charge on any atom is -0.497 e. The molecule has 0 unspecified atom stereocenters. The zero-order valence-electron chi connectivity index (χ0n) is 16.1. The van der Waals surface area contributed by atoms with E-state index in [-0.39, 0.29) is 16.5 Å². The van der Waals surface area contributed by atoms with E-state index in [4.69, 9.17) is 21.1 Å². The highest BCUT2D eigenvalue weighted by Crippen LogP contribution is 2.36. The molecule has 2 aromatic carbocycles. The molecule has 30 heavy (non-hydrogen) atoms. The number of nitrogens with one attached hydrogen (secondary N) is 1. The molecule has 0 saturated carbocycles. The molecule has 12 heteroatoms. The van der Waals surface area contributed by atoms with Gasteiger partial charge in [0, 0.05) is 6.07 Å². The Kier molecular flexibility index (Phi) is 7.09. The van der Waals surface area contributed by atoms with E-state index in [9.17, 15) is 26.4 Å². The summed E-state index contributed by atoms with van der Waals surface area (Å²) in [5, 5.41) is 2.19. The highest BCUT2D eigenvalue weighted by atomic mass is 35.5. The summed E-state index contributed by atoms with van der Waals surface area (Å²) in [5.41, 5.74) is -1.39. The lowest BCUT2D eigenvalue weighted by Gasteiger charge is -2.24. The van der Waals surface area contributed by atoms with Crippen LogP contribution in [0.1, 0.15) is 5.56 Å². The van der Waals surface area contributed by atoms with Gasteiger partial charge in [0.2, 0.25) is 15.9 Å². The number of hydrogen-bond acceptors (Lipinski definition) is 5. The van der Waals surface area contributed by atoms with Crippen LogP contribution >= 0.6 is 11.6 Å². The standard InChI is InChI=1S/C18H18ClF3N2O5S/c1-28-12-5-7-16(29-2)14(9-12)23-17(25)10-24(30(3,26)27)15-8-11(18(20,21)22)4-6-13(15)19/h4-9H,10H2,1-3H3,(H,23,25). The molecule has 0 fully saturated rings. The summed E-state index contributed by atoms with van der Waals surface area (Å²) >= 11 is 5.94. The molecule has 0 aromatic heterocycles. The van der Waals surface area contributed by atoms with Gasteiger partial charge in [0.1, 0.15) is 18.0 Å². The van der Waals surface area contributed by atoms with Crippen molar-refractivity contribution in [3.63, 3.8) is 0 Å². The van der Waals surface area contributed by atoms with Gasteiger partial charge in [0.25, 0.3) is 0 Å². The van der Waals surface area contributed by atoms with Gasteiger partial charge < -0.3 is 14.8 Å². The number of benzene rings is 2. The number of ether oxygens (including phenoxy) is 2. The molecule has 0 aliphatic rings. The third-order valence-electron chi connectivity index (χ3n) is 3.91. The molecule has 0 bridgehead atoms. The quantitative estimate of drug-likeness (QED) is 0.671. The minimum absolute atomic E-state index is 0.186. The molecule has 0 heterocycles. The van der Waals surface area contributed by atoms with Crippen LogP contribution < -0.4 is 19.1 Å². The number of halogens is 4. The van der Waals surface area contributed by atoms with Crippen molar-refractivity contribution >= 4 is 38.9 Å². The van der Waals surface area contributed by atoms with Crippen molar-refractivity contribution < 1.29 is 35.9 Å². The van der Waals surface area contributed by atoms with Gasteiger partial charge in [-0.1, -0.05) is 11.6 Å². The number of amides is 1. The van der Waals surface area contributed by atoms with Gasteiger partial charge in [-0.15, -0.1) is 0 Å². The Hall–Kier alpha value is -2.66. The molecule has 0 aliphatic heterocycles. The fraction of sp³-hybridized carbons (Fsp3) is 0.278. The molecule has 164 valence electrons. The third kappa shape index (κ3) is 5.70. The van der Waals surface area contributed by atoms with Crippen LogP contribution in [0.5, 0.6) is 11.5 Å². The highest BCUT2D eigenvalue weighted by molar-refractivity contribution is 7.92. The predicted molar refractivity (Wildman–Crippen MR) is 107 cm³/mol. The van der Waals surface area contributed by atoms with E-state index in [2.05, 4.69) is 5.32 Å². The van der Waals surface area contributed by atoms with Crippen molar-refractivity contribution in [1.82, 2.24) is 0 Å². The number of nitrogens with zero attached hydrogens (tertiary/aromatic N) is 1. The van der Waals surface area contributed by atoms with Crippen LogP contribution in [-0.4, -0.2) is 41.3 Å². The Bertz CT molecular complexity index is 1040. The molecule has 0 spiro atoms. The lowest BCUT2D eigenvalue weighted by Crippen LogP contribution is -2.37. The second kappa shape index (κ2) is 9.00. The van der Waals surface area contributed by atoms with Crippen molar-refractivity contribution in [3.8, 4) is 11.5 Å².